The van der Waals surface area contributed by atoms with Crippen LogP contribution in [0.1, 0.15) is 20.8 Å². The van der Waals surface area contributed by atoms with Gasteiger partial charge in [-0.25, -0.2) is 9.37 Å². The summed E-state index contributed by atoms with van der Waals surface area (Å²) in [6.07, 6.45) is 1.29. The van der Waals surface area contributed by atoms with Crippen molar-refractivity contribution in [3.8, 4) is 0 Å². The van der Waals surface area contributed by atoms with Gasteiger partial charge in [-0.15, -0.1) is 0 Å². The largest absolute Gasteiger partial charge is 0.279 e. The van der Waals surface area contributed by atoms with Crippen LogP contribution < -0.4 is 0 Å². The molecule has 5 heteroatoms. The van der Waals surface area contributed by atoms with Gasteiger partial charge in [0.25, 0.3) is 11.8 Å². The van der Waals surface area contributed by atoms with Gasteiger partial charge >= 0.3 is 0 Å². The topological polar surface area (TPSA) is 50.3 Å². The Morgan fingerprint density at radius 1 is 1.18 bits per heavy atom. The molecule has 2 aromatic rings. The van der Waals surface area contributed by atoms with E-state index in [-0.39, 0.29) is 16.6 Å². The highest BCUT2D eigenvalue weighted by Crippen LogP contribution is 2.28. The lowest BCUT2D eigenvalue weighted by Gasteiger charge is -2.03. The molecule has 0 fully saturated rings. The zero-order valence-corrected chi connectivity index (χ0v) is 8.90. The van der Waals surface area contributed by atoms with Gasteiger partial charge in [0, 0.05) is 24.0 Å². The van der Waals surface area contributed by atoms with Crippen molar-refractivity contribution in [1.29, 1.82) is 0 Å². The minimum Gasteiger partial charge on any atom is -0.276 e. The highest BCUT2D eigenvalue weighted by atomic mass is 19.1. The Morgan fingerprint density at radius 3 is 2.71 bits per heavy atom. The number of aromatic nitrogens is 1. The van der Waals surface area contributed by atoms with Gasteiger partial charge in [0.1, 0.15) is 11.5 Å². The molecule has 1 aliphatic rings. The van der Waals surface area contributed by atoms with Crippen molar-refractivity contribution < 1.29 is 14.0 Å². The van der Waals surface area contributed by atoms with Gasteiger partial charge in [-0.05, 0) is 6.07 Å². The molecule has 0 unspecified atom stereocenters. The van der Waals surface area contributed by atoms with E-state index in [4.69, 9.17) is 0 Å². The van der Waals surface area contributed by atoms with Crippen molar-refractivity contribution in [2.45, 2.75) is 0 Å². The summed E-state index contributed by atoms with van der Waals surface area (Å²) in [5, 5.41) is 0.681. The number of pyridine rings is 1. The first-order valence-electron chi connectivity index (χ1n) is 5.01. The lowest BCUT2D eigenvalue weighted by Crippen LogP contribution is -2.24. The molecule has 4 nitrogen and oxygen atoms in total. The molecule has 0 spiro atoms. The van der Waals surface area contributed by atoms with Crippen molar-refractivity contribution in [2.24, 2.45) is 0 Å². The molecule has 0 N–H and O–H groups in total. The number of carbonyl (C=O) groups is 2. The summed E-state index contributed by atoms with van der Waals surface area (Å²) >= 11 is 0. The number of amides is 2. The molecule has 2 amide bonds. The number of fused-ring (bicyclic) bond motifs is 3. The van der Waals surface area contributed by atoms with E-state index in [1.54, 1.807) is 6.07 Å². The standard InChI is InChI=1S/C12H7FN2O2/c1-15-11(16)9-6-3-2-4-8(13)7(6)5-14-10(9)12(15)17/h2-5H,1H3. The van der Waals surface area contributed by atoms with Gasteiger partial charge in [-0.3, -0.25) is 14.5 Å². The minimum absolute atomic E-state index is 0.0931. The monoisotopic (exact) mass is 230 g/mol. The third-order valence-corrected chi connectivity index (χ3v) is 2.91. The third kappa shape index (κ3) is 1.13. The fourth-order valence-corrected chi connectivity index (χ4v) is 2.00. The highest BCUT2D eigenvalue weighted by molar-refractivity contribution is 6.25. The normalized spacial score (nSPS) is 14.6. The van der Waals surface area contributed by atoms with Crippen molar-refractivity contribution in [3.05, 3.63) is 41.5 Å². The zero-order chi connectivity index (χ0) is 12.2. The zero-order valence-electron chi connectivity index (χ0n) is 8.90. The number of hydrogen-bond acceptors (Lipinski definition) is 3. The molecule has 3 rings (SSSR count). The van der Waals surface area contributed by atoms with Gasteiger partial charge in [-0.1, -0.05) is 12.1 Å². The fourth-order valence-electron chi connectivity index (χ4n) is 2.00. The van der Waals surface area contributed by atoms with Gasteiger partial charge in [0.15, 0.2) is 0 Å². The predicted octanol–water partition coefficient (Wildman–Crippen LogP) is 1.60. The van der Waals surface area contributed by atoms with Crippen LogP contribution in [0.3, 0.4) is 0 Å². The molecule has 1 aliphatic heterocycles. The second-order valence-corrected chi connectivity index (χ2v) is 3.85. The number of benzene rings is 1. The Balaban J connectivity index is 2.47. The van der Waals surface area contributed by atoms with E-state index in [0.717, 1.165) is 4.90 Å². The van der Waals surface area contributed by atoms with Crippen LogP contribution in [-0.2, 0) is 0 Å². The summed E-state index contributed by atoms with van der Waals surface area (Å²) in [5.74, 6) is -1.34. The highest BCUT2D eigenvalue weighted by Gasteiger charge is 2.35. The molecule has 0 saturated carbocycles. The first-order valence-corrected chi connectivity index (χ1v) is 5.01. The summed E-state index contributed by atoms with van der Waals surface area (Å²) in [4.78, 5) is 28.4. The molecule has 0 radical (unpaired) electrons. The number of nitrogens with zero attached hydrogens (tertiary/aromatic N) is 2. The van der Waals surface area contributed by atoms with Gasteiger partial charge in [0.2, 0.25) is 0 Å². The Kier molecular flexibility index (Phi) is 1.80. The van der Waals surface area contributed by atoms with Crippen LogP contribution in [0.15, 0.2) is 24.4 Å². The Hall–Kier alpha value is -2.30. The van der Waals surface area contributed by atoms with Crippen LogP contribution in [0, 0.1) is 5.82 Å². The minimum atomic E-state index is -0.451. The summed E-state index contributed by atoms with van der Waals surface area (Å²) in [5.41, 5.74) is 0.283. The molecule has 0 saturated heterocycles. The molecule has 84 valence electrons. The van der Waals surface area contributed by atoms with Crippen molar-refractivity contribution in [2.75, 3.05) is 7.05 Å². The van der Waals surface area contributed by atoms with Crippen LogP contribution >= 0.6 is 0 Å². The Labute approximate surface area is 95.7 Å². The number of carbonyl (C=O) groups excluding carboxylic acids is 2. The molecule has 2 heterocycles. The SMILES string of the molecule is CN1C(=O)c2ncc3c(F)cccc3c2C1=O. The summed E-state index contributed by atoms with van der Waals surface area (Å²) in [7, 11) is 1.39. The second-order valence-electron chi connectivity index (χ2n) is 3.85. The lowest BCUT2D eigenvalue weighted by molar-refractivity contribution is 0.0692. The van der Waals surface area contributed by atoms with E-state index in [2.05, 4.69) is 4.98 Å². The maximum Gasteiger partial charge on any atom is 0.279 e. The summed E-state index contributed by atoms with van der Waals surface area (Å²) < 4.78 is 13.5. The average molecular weight is 230 g/mol. The number of rotatable bonds is 0. The van der Waals surface area contributed by atoms with Gasteiger partial charge < -0.3 is 0 Å². The quantitative estimate of drug-likeness (QED) is 0.646. The lowest BCUT2D eigenvalue weighted by atomic mass is 10.1. The third-order valence-electron chi connectivity index (χ3n) is 2.91. The molecular weight excluding hydrogens is 223 g/mol. The molecule has 1 aromatic heterocycles. The fraction of sp³-hybridized carbons (Fsp3) is 0.0833. The first kappa shape index (κ1) is 9.89. The average Bonchev–Trinajstić information content (AvgIpc) is 2.55. The van der Waals surface area contributed by atoms with Crippen LogP contribution in [0.25, 0.3) is 10.8 Å². The van der Waals surface area contributed by atoms with Crippen molar-refractivity contribution in [3.63, 3.8) is 0 Å². The van der Waals surface area contributed by atoms with Crippen LogP contribution in [0.4, 0.5) is 4.39 Å². The Morgan fingerprint density at radius 2 is 1.94 bits per heavy atom. The predicted molar refractivity (Wildman–Crippen MR) is 58.1 cm³/mol. The maximum atomic E-state index is 13.5. The second kappa shape index (κ2) is 3.10. The van der Waals surface area contributed by atoms with E-state index in [9.17, 15) is 14.0 Å². The smallest absolute Gasteiger partial charge is 0.276 e. The van der Waals surface area contributed by atoms with Crippen LogP contribution in [-0.4, -0.2) is 28.7 Å². The summed E-state index contributed by atoms with van der Waals surface area (Å²) in [6.45, 7) is 0. The number of imide groups is 1. The van der Waals surface area contributed by atoms with Crippen molar-refractivity contribution >= 4 is 22.6 Å². The molecule has 17 heavy (non-hydrogen) atoms. The molecular formula is C12H7FN2O2. The summed E-state index contributed by atoms with van der Waals surface area (Å²) in [6, 6.07) is 4.42. The van der Waals surface area contributed by atoms with E-state index in [1.807, 2.05) is 0 Å². The molecule has 1 aromatic carbocycles. The Bertz CT molecular complexity index is 682. The van der Waals surface area contributed by atoms with Gasteiger partial charge in [-0.2, -0.15) is 0 Å². The maximum absolute atomic E-state index is 13.5. The van der Waals surface area contributed by atoms with Crippen molar-refractivity contribution in [1.82, 2.24) is 9.88 Å². The molecule has 0 aliphatic carbocycles. The van der Waals surface area contributed by atoms with E-state index >= 15 is 0 Å². The molecule has 0 atom stereocenters. The van der Waals surface area contributed by atoms with E-state index in [0.29, 0.717) is 5.39 Å². The van der Waals surface area contributed by atoms with E-state index < -0.39 is 17.6 Å². The van der Waals surface area contributed by atoms with Crippen LogP contribution in [0.2, 0.25) is 0 Å². The first-order chi connectivity index (χ1) is 8.11. The number of hydrogen-bond donors (Lipinski definition) is 0. The van der Waals surface area contributed by atoms with Gasteiger partial charge in [0.05, 0.1) is 5.56 Å². The molecule has 0 bridgehead atoms. The number of halogens is 1. The van der Waals surface area contributed by atoms with E-state index in [1.165, 1.54) is 25.4 Å². The van der Waals surface area contributed by atoms with Crippen LogP contribution in [0.5, 0.6) is 0 Å².